The Kier molecular flexibility index (Phi) is 7.18. The third kappa shape index (κ3) is 5.21. The van der Waals surface area contributed by atoms with E-state index in [1.807, 2.05) is 32.0 Å². The number of carbonyl (C=O) groups is 1. The highest BCUT2D eigenvalue weighted by Gasteiger charge is 2.37. The first-order valence-corrected chi connectivity index (χ1v) is 12.9. The lowest BCUT2D eigenvalue weighted by molar-refractivity contribution is -0.120. The second-order valence-corrected chi connectivity index (χ2v) is 10.6. The van der Waals surface area contributed by atoms with Gasteiger partial charge in [-0.15, -0.1) is 0 Å². The minimum absolute atomic E-state index is 0.0210. The molecule has 0 saturated carbocycles. The van der Waals surface area contributed by atoms with Crippen molar-refractivity contribution in [1.82, 2.24) is 9.46 Å². The van der Waals surface area contributed by atoms with Gasteiger partial charge in [-0.25, -0.2) is 12.8 Å². The van der Waals surface area contributed by atoms with Gasteiger partial charge in [0.05, 0.1) is 5.92 Å². The normalized spacial score (nSPS) is 17.1. The molecule has 1 aromatic heterocycles. The second kappa shape index (κ2) is 10.1. The molecule has 1 aliphatic rings. The van der Waals surface area contributed by atoms with E-state index in [1.165, 1.54) is 22.5 Å². The van der Waals surface area contributed by atoms with Crippen LogP contribution in [0.3, 0.4) is 0 Å². The number of benzene rings is 2. The molecule has 1 atom stereocenters. The van der Waals surface area contributed by atoms with Crippen molar-refractivity contribution in [3.8, 4) is 0 Å². The topological polar surface area (TPSA) is 92.5 Å². The summed E-state index contributed by atoms with van der Waals surface area (Å²) in [7, 11) is -4.00. The van der Waals surface area contributed by atoms with E-state index < -0.39 is 21.8 Å². The van der Waals surface area contributed by atoms with Gasteiger partial charge in [-0.3, -0.25) is 4.79 Å². The summed E-state index contributed by atoms with van der Waals surface area (Å²) in [5.41, 5.74) is 3.28. The predicted octanol–water partition coefficient (Wildman–Crippen LogP) is 4.95. The van der Waals surface area contributed by atoms with Crippen molar-refractivity contribution < 1.29 is 22.1 Å². The average molecular weight is 498 g/mol. The number of sulfonamides is 1. The number of hydrogen-bond donors (Lipinski definition) is 1. The maximum absolute atomic E-state index is 14.0. The van der Waals surface area contributed by atoms with E-state index in [0.717, 1.165) is 16.8 Å². The van der Waals surface area contributed by atoms with Crippen LogP contribution in [0.5, 0.6) is 0 Å². The van der Waals surface area contributed by atoms with Crippen LogP contribution in [0.15, 0.2) is 51.9 Å². The highest BCUT2D eigenvalue weighted by Crippen LogP contribution is 2.30. The fourth-order valence-corrected chi connectivity index (χ4v) is 5.97. The van der Waals surface area contributed by atoms with Crippen molar-refractivity contribution in [3.05, 3.63) is 76.4 Å². The van der Waals surface area contributed by atoms with Gasteiger partial charge in [0.15, 0.2) is 10.7 Å². The Morgan fingerprint density at radius 1 is 1.14 bits per heavy atom. The molecule has 0 radical (unpaired) electrons. The molecule has 3 aromatic rings. The summed E-state index contributed by atoms with van der Waals surface area (Å²) < 4.78 is 47.7. The summed E-state index contributed by atoms with van der Waals surface area (Å²) in [6.07, 6.45) is 3.99. The van der Waals surface area contributed by atoms with Crippen LogP contribution in [0.2, 0.25) is 0 Å². The largest absolute Gasteiger partial charge is 0.355 e. The maximum atomic E-state index is 14.0. The van der Waals surface area contributed by atoms with Crippen molar-refractivity contribution in [3.63, 3.8) is 0 Å². The van der Waals surface area contributed by atoms with Gasteiger partial charge in [0.25, 0.3) is 0 Å². The lowest BCUT2D eigenvalue weighted by Gasteiger charge is -2.31. The standard InChI is InChI=1S/C26H28FN3O4S/c1-17-8-6-12-23(18(17)2)28-26(31)21-10-7-15-30(16-21)35(32,33)25-19(3)29-34-24(25)14-13-20-9-4-5-11-22(20)27/h4-6,8-9,11-14,21H,7,10,15-16H2,1-3H3,(H,28,31)/b14-13+/t21-/m0/s1. The molecule has 2 heterocycles. The fraction of sp³-hybridized carbons (Fsp3) is 0.308. The molecule has 7 nitrogen and oxygen atoms in total. The third-order valence-corrected chi connectivity index (χ3v) is 8.39. The third-order valence-electron chi connectivity index (χ3n) is 6.37. The average Bonchev–Trinajstić information content (AvgIpc) is 3.22. The smallest absolute Gasteiger partial charge is 0.248 e. The molecule has 0 unspecified atom stereocenters. The highest BCUT2D eigenvalue weighted by atomic mass is 32.2. The highest BCUT2D eigenvalue weighted by molar-refractivity contribution is 7.89. The molecule has 1 N–H and O–H groups in total. The molecule has 0 aliphatic carbocycles. The molecule has 1 fully saturated rings. The lowest BCUT2D eigenvalue weighted by Crippen LogP contribution is -2.44. The molecule has 0 bridgehead atoms. The zero-order valence-electron chi connectivity index (χ0n) is 19.9. The SMILES string of the molecule is Cc1cccc(NC(=O)[C@H]2CCCN(S(=O)(=O)c3c(C)noc3/C=C/c3ccccc3F)C2)c1C. The Morgan fingerprint density at radius 2 is 1.91 bits per heavy atom. The van der Waals surface area contributed by atoms with Crippen LogP contribution in [-0.2, 0) is 14.8 Å². The number of rotatable bonds is 6. The summed E-state index contributed by atoms with van der Waals surface area (Å²) in [6, 6.07) is 11.8. The summed E-state index contributed by atoms with van der Waals surface area (Å²) in [6.45, 7) is 5.80. The Balaban J connectivity index is 1.55. The van der Waals surface area contributed by atoms with Crippen LogP contribution in [0.25, 0.3) is 12.2 Å². The molecule has 9 heteroatoms. The van der Waals surface area contributed by atoms with Crippen LogP contribution in [0.4, 0.5) is 10.1 Å². The van der Waals surface area contributed by atoms with Crippen molar-refractivity contribution in [2.75, 3.05) is 18.4 Å². The quantitative estimate of drug-likeness (QED) is 0.520. The van der Waals surface area contributed by atoms with E-state index in [4.69, 9.17) is 4.52 Å². The Bertz CT molecular complexity index is 1380. The van der Waals surface area contributed by atoms with Crippen molar-refractivity contribution >= 4 is 33.8 Å². The molecule has 1 amide bonds. The van der Waals surface area contributed by atoms with Crippen molar-refractivity contribution in [2.24, 2.45) is 5.92 Å². The molecule has 2 aromatic carbocycles. The summed E-state index contributed by atoms with van der Waals surface area (Å²) in [5.74, 6) is -1.11. The lowest BCUT2D eigenvalue weighted by atomic mass is 9.98. The zero-order valence-corrected chi connectivity index (χ0v) is 20.7. The molecule has 1 aliphatic heterocycles. The summed E-state index contributed by atoms with van der Waals surface area (Å²) in [4.78, 5) is 12.9. The van der Waals surface area contributed by atoms with Gasteiger partial charge in [-0.2, -0.15) is 4.31 Å². The van der Waals surface area contributed by atoms with Crippen molar-refractivity contribution in [2.45, 2.75) is 38.5 Å². The van der Waals surface area contributed by atoms with Gasteiger partial charge in [0.2, 0.25) is 15.9 Å². The van der Waals surface area contributed by atoms with E-state index >= 15 is 0 Å². The van der Waals surface area contributed by atoms with Gasteiger partial charge < -0.3 is 9.84 Å². The molecule has 184 valence electrons. The molecule has 0 spiro atoms. The Labute approximate surface area is 204 Å². The van der Waals surface area contributed by atoms with Gasteiger partial charge in [-0.1, -0.05) is 35.5 Å². The first-order chi connectivity index (χ1) is 16.7. The van der Waals surface area contributed by atoms with Crippen LogP contribution in [0, 0.1) is 32.5 Å². The molecule has 1 saturated heterocycles. The van der Waals surface area contributed by atoms with E-state index in [0.29, 0.717) is 18.4 Å². The first-order valence-electron chi connectivity index (χ1n) is 11.4. The van der Waals surface area contributed by atoms with Gasteiger partial charge in [-0.05, 0) is 69.0 Å². The van der Waals surface area contributed by atoms with Gasteiger partial charge >= 0.3 is 0 Å². The minimum Gasteiger partial charge on any atom is -0.355 e. The van der Waals surface area contributed by atoms with E-state index in [2.05, 4.69) is 10.5 Å². The van der Waals surface area contributed by atoms with Crippen LogP contribution in [0.1, 0.15) is 41.0 Å². The van der Waals surface area contributed by atoms with Crippen LogP contribution >= 0.6 is 0 Å². The summed E-state index contributed by atoms with van der Waals surface area (Å²) >= 11 is 0. The van der Waals surface area contributed by atoms with Crippen molar-refractivity contribution in [1.29, 1.82) is 0 Å². The predicted molar refractivity (Wildman–Crippen MR) is 133 cm³/mol. The number of aromatic nitrogens is 1. The molecular formula is C26H28FN3O4S. The zero-order chi connectivity index (χ0) is 25.2. The monoisotopic (exact) mass is 497 g/mol. The van der Waals surface area contributed by atoms with Gasteiger partial charge in [0.1, 0.15) is 11.5 Å². The number of halogens is 1. The second-order valence-electron chi connectivity index (χ2n) is 8.76. The number of anilines is 1. The van der Waals surface area contributed by atoms with E-state index in [9.17, 15) is 17.6 Å². The van der Waals surface area contributed by atoms with E-state index in [1.54, 1.807) is 25.1 Å². The number of piperidine rings is 1. The van der Waals surface area contributed by atoms with Gasteiger partial charge in [0, 0.05) is 24.3 Å². The van der Waals surface area contributed by atoms with Crippen LogP contribution in [-0.4, -0.2) is 36.9 Å². The first kappa shape index (κ1) is 24.8. The van der Waals surface area contributed by atoms with E-state index in [-0.39, 0.29) is 35.3 Å². The maximum Gasteiger partial charge on any atom is 0.248 e. The van der Waals surface area contributed by atoms with Crippen LogP contribution < -0.4 is 5.32 Å². The Morgan fingerprint density at radius 3 is 2.69 bits per heavy atom. The fourth-order valence-electron chi connectivity index (χ4n) is 4.20. The molecule has 4 rings (SSSR count). The number of nitrogens with zero attached hydrogens (tertiary/aromatic N) is 2. The number of nitrogens with one attached hydrogen (secondary N) is 1. The molecule has 35 heavy (non-hydrogen) atoms. The number of aryl methyl sites for hydroxylation is 2. The number of amides is 1. The number of carbonyl (C=O) groups excluding carboxylic acids is 1. The summed E-state index contributed by atoms with van der Waals surface area (Å²) in [5, 5.41) is 6.79. The number of hydrogen-bond acceptors (Lipinski definition) is 5. The Hall–Kier alpha value is -3.30. The molecular weight excluding hydrogens is 469 g/mol. The minimum atomic E-state index is -4.00.